The molecule has 1 aliphatic rings. The van der Waals surface area contributed by atoms with Crippen LogP contribution < -0.4 is 5.32 Å². The first-order chi connectivity index (χ1) is 13.0. The van der Waals surface area contributed by atoms with Crippen LogP contribution in [0.4, 0.5) is 5.82 Å². The summed E-state index contributed by atoms with van der Waals surface area (Å²) in [4.78, 5) is 12.5. The third-order valence-electron chi connectivity index (χ3n) is 5.41. The second kappa shape index (κ2) is 7.36. The van der Waals surface area contributed by atoms with E-state index in [9.17, 15) is 9.90 Å². The number of hydrogen-bond acceptors (Lipinski definition) is 3. The summed E-state index contributed by atoms with van der Waals surface area (Å²) >= 11 is 0. The molecule has 1 heterocycles. The molecule has 3 rings (SSSR count). The summed E-state index contributed by atoms with van der Waals surface area (Å²) in [6.45, 7) is 9.76. The van der Waals surface area contributed by atoms with Gasteiger partial charge in [-0.2, -0.15) is 5.10 Å². The number of nitrogens with one attached hydrogen (secondary N) is 1. The molecule has 2 N–H and O–H groups in total. The molecule has 5 nitrogen and oxygen atoms in total. The molecule has 0 radical (unpaired) electrons. The number of amides is 1. The molecule has 0 unspecified atom stereocenters. The van der Waals surface area contributed by atoms with Crippen LogP contribution in [0.5, 0.6) is 0 Å². The van der Waals surface area contributed by atoms with Gasteiger partial charge in [-0.25, -0.2) is 0 Å². The quantitative estimate of drug-likeness (QED) is 0.767. The van der Waals surface area contributed by atoms with E-state index in [4.69, 9.17) is 0 Å². The minimum atomic E-state index is -0.867. The number of carbonyl (C=O) groups excluding carboxylic acids is 1. The zero-order valence-corrected chi connectivity index (χ0v) is 18.0. The summed E-state index contributed by atoms with van der Waals surface area (Å²) in [7, 11) is 1.93. The van der Waals surface area contributed by atoms with Gasteiger partial charge < -0.3 is 10.4 Å². The van der Waals surface area contributed by atoms with Crippen LogP contribution in [-0.4, -0.2) is 20.8 Å². The van der Waals surface area contributed by atoms with Crippen LogP contribution in [0.3, 0.4) is 0 Å². The fraction of sp³-hybridized carbons (Fsp3) is 0.565. The summed E-state index contributed by atoms with van der Waals surface area (Å²) in [5.74, 6) is 1.14. The van der Waals surface area contributed by atoms with E-state index >= 15 is 0 Å². The largest absolute Gasteiger partial charge is 0.386 e. The molecule has 0 bridgehead atoms. The zero-order valence-electron chi connectivity index (χ0n) is 18.0. The van der Waals surface area contributed by atoms with Gasteiger partial charge in [-0.1, -0.05) is 51.5 Å². The Balaban J connectivity index is 1.97. The fourth-order valence-corrected chi connectivity index (χ4v) is 3.75. The van der Waals surface area contributed by atoms with Crippen LogP contribution in [0.1, 0.15) is 77.3 Å². The van der Waals surface area contributed by atoms with E-state index in [2.05, 4.69) is 31.2 Å². The standard InChI is InChI=1S/C23H33N3O2/c1-22(2,3)14-18(27)24-21-19(15-8-7-9-15)20(26(6)25-21)16-10-12-17(13-11-16)23(4,5)28/h10-13,15,28H,7-9,14H2,1-6H3,(H,24,25,27). The molecule has 28 heavy (non-hydrogen) atoms. The molecule has 0 atom stereocenters. The van der Waals surface area contributed by atoms with Gasteiger partial charge in [0.1, 0.15) is 0 Å². The van der Waals surface area contributed by atoms with Gasteiger partial charge >= 0.3 is 0 Å². The SMILES string of the molecule is Cn1nc(NC(=O)CC(C)(C)C)c(C2CCC2)c1-c1ccc(C(C)(C)O)cc1. The first-order valence-electron chi connectivity index (χ1n) is 10.2. The summed E-state index contributed by atoms with van der Waals surface area (Å²) in [5.41, 5.74) is 3.20. The lowest BCUT2D eigenvalue weighted by Crippen LogP contribution is -2.21. The van der Waals surface area contributed by atoms with Crippen LogP contribution in [0.15, 0.2) is 24.3 Å². The Bertz CT molecular complexity index is 848. The molecular formula is C23H33N3O2. The van der Waals surface area contributed by atoms with Gasteiger partial charge in [0.15, 0.2) is 5.82 Å². The van der Waals surface area contributed by atoms with Crippen molar-refractivity contribution in [1.82, 2.24) is 9.78 Å². The molecule has 0 spiro atoms. The number of benzene rings is 1. The van der Waals surface area contributed by atoms with Crippen LogP contribution in [0.2, 0.25) is 0 Å². The maximum Gasteiger partial charge on any atom is 0.226 e. The normalized spacial score (nSPS) is 15.4. The first kappa shape index (κ1) is 20.6. The van der Waals surface area contributed by atoms with Crippen molar-refractivity contribution in [2.45, 2.75) is 71.8 Å². The summed E-state index contributed by atoms with van der Waals surface area (Å²) in [6, 6.07) is 8.00. The average molecular weight is 384 g/mol. The Morgan fingerprint density at radius 3 is 2.25 bits per heavy atom. The lowest BCUT2D eigenvalue weighted by molar-refractivity contribution is -0.117. The van der Waals surface area contributed by atoms with Gasteiger partial charge in [-0.05, 0) is 43.6 Å². The van der Waals surface area contributed by atoms with E-state index in [1.54, 1.807) is 13.8 Å². The number of carbonyl (C=O) groups is 1. The van der Waals surface area contributed by atoms with Crippen LogP contribution in [0.25, 0.3) is 11.3 Å². The zero-order chi connectivity index (χ0) is 20.7. The molecule has 1 saturated carbocycles. The Hall–Kier alpha value is -2.14. The number of anilines is 1. The van der Waals surface area contributed by atoms with Gasteiger partial charge in [0.05, 0.1) is 11.3 Å². The minimum Gasteiger partial charge on any atom is -0.386 e. The van der Waals surface area contributed by atoms with Gasteiger partial charge in [0.2, 0.25) is 5.91 Å². The third-order valence-corrected chi connectivity index (χ3v) is 5.41. The van der Waals surface area contributed by atoms with E-state index in [0.717, 1.165) is 35.2 Å². The van der Waals surface area contributed by atoms with Crippen molar-refractivity contribution in [2.75, 3.05) is 5.32 Å². The molecule has 152 valence electrons. The highest BCUT2D eigenvalue weighted by molar-refractivity contribution is 5.92. The van der Waals surface area contributed by atoms with Crippen molar-refractivity contribution >= 4 is 11.7 Å². The highest BCUT2D eigenvalue weighted by Gasteiger charge is 2.30. The number of aliphatic hydroxyl groups is 1. The third kappa shape index (κ3) is 4.46. The molecule has 2 aromatic rings. The predicted molar refractivity (Wildman–Crippen MR) is 113 cm³/mol. The van der Waals surface area contributed by atoms with Crippen molar-refractivity contribution in [3.8, 4) is 11.3 Å². The summed E-state index contributed by atoms with van der Waals surface area (Å²) in [5, 5.41) is 18.0. The lowest BCUT2D eigenvalue weighted by atomic mass is 9.78. The van der Waals surface area contributed by atoms with E-state index in [1.807, 2.05) is 36.0 Å². The van der Waals surface area contributed by atoms with Crippen LogP contribution in [-0.2, 0) is 17.4 Å². The Morgan fingerprint density at radius 2 is 1.79 bits per heavy atom. The maximum absolute atomic E-state index is 12.5. The predicted octanol–water partition coefficient (Wildman–Crippen LogP) is 4.96. The molecule has 1 aromatic heterocycles. The molecule has 1 aliphatic carbocycles. The number of hydrogen-bond donors (Lipinski definition) is 2. The minimum absolute atomic E-state index is 0.00935. The monoisotopic (exact) mass is 383 g/mol. The molecule has 0 saturated heterocycles. The summed E-state index contributed by atoms with van der Waals surface area (Å²) < 4.78 is 1.87. The van der Waals surface area contributed by atoms with E-state index in [1.165, 1.54) is 6.42 Å². The first-order valence-corrected chi connectivity index (χ1v) is 10.2. The van der Waals surface area contributed by atoms with E-state index < -0.39 is 5.60 Å². The molecule has 5 heteroatoms. The van der Waals surface area contributed by atoms with Crippen molar-refractivity contribution < 1.29 is 9.90 Å². The molecule has 1 fully saturated rings. The maximum atomic E-state index is 12.5. The molecule has 1 amide bonds. The Kier molecular flexibility index (Phi) is 5.41. The van der Waals surface area contributed by atoms with Gasteiger partial charge in [0.25, 0.3) is 0 Å². The number of aromatic nitrogens is 2. The van der Waals surface area contributed by atoms with Crippen molar-refractivity contribution in [1.29, 1.82) is 0 Å². The second-order valence-corrected chi connectivity index (χ2v) is 9.78. The number of aryl methyl sites for hydroxylation is 1. The Labute approximate surface area is 168 Å². The lowest BCUT2D eigenvalue weighted by Gasteiger charge is -2.27. The topological polar surface area (TPSA) is 67.2 Å². The highest BCUT2D eigenvalue weighted by Crippen LogP contribution is 2.45. The van der Waals surface area contributed by atoms with Gasteiger partial charge in [-0.15, -0.1) is 0 Å². The number of nitrogens with zero attached hydrogens (tertiary/aromatic N) is 2. The van der Waals surface area contributed by atoms with Gasteiger partial charge in [-0.3, -0.25) is 9.48 Å². The number of rotatable bonds is 5. The van der Waals surface area contributed by atoms with Crippen LogP contribution in [0, 0.1) is 5.41 Å². The van der Waals surface area contributed by atoms with Crippen molar-refractivity contribution in [2.24, 2.45) is 12.5 Å². The van der Waals surface area contributed by atoms with Gasteiger partial charge in [0, 0.05) is 24.6 Å². The van der Waals surface area contributed by atoms with Crippen molar-refractivity contribution in [3.05, 3.63) is 35.4 Å². The van der Waals surface area contributed by atoms with E-state index in [-0.39, 0.29) is 11.3 Å². The average Bonchev–Trinajstić information content (AvgIpc) is 2.79. The van der Waals surface area contributed by atoms with E-state index in [0.29, 0.717) is 18.2 Å². The highest BCUT2D eigenvalue weighted by atomic mass is 16.3. The van der Waals surface area contributed by atoms with Crippen molar-refractivity contribution in [3.63, 3.8) is 0 Å². The Morgan fingerprint density at radius 1 is 1.18 bits per heavy atom. The smallest absolute Gasteiger partial charge is 0.226 e. The van der Waals surface area contributed by atoms with Crippen LogP contribution >= 0.6 is 0 Å². The molecule has 0 aliphatic heterocycles. The second-order valence-electron chi connectivity index (χ2n) is 9.78. The summed E-state index contributed by atoms with van der Waals surface area (Å²) in [6.07, 6.45) is 3.93. The molecular weight excluding hydrogens is 350 g/mol. The fourth-order valence-electron chi connectivity index (χ4n) is 3.75. The molecule has 1 aromatic carbocycles.